The summed E-state index contributed by atoms with van der Waals surface area (Å²) in [6.45, 7) is 0.382. The third-order valence-electron chi connectivity index (χ3n) is 2.36. The van der Waals surface area contributed by atoms with Crippen LogP contribution in [-0.4, -0.2) is 24.4 Å². The molecule has 1 aromatic carbocycles. The number of carbonyl (C=O) groups is 1. The molecule has 1 amide bonds. The lowest BCUT2D eigenvalue weighted by Gasteiger charge is -2.15. The van der Waals surface area contributed by atoms with Gasteiger partial charge in [-0.25, -0.2) is 4.39 Å². The van der Waals surface area contributed by atoms with E-state index in [2.05, 4.69) is 0 Å². The summed E-state index contributed by atoms with van der Waals surface area (Å²) in [5.74, 6) is -0.696. The van der Waals surface area contributed by atoms with Crippen molar-refractivity contribution in [3.05, 3.63) is 47.3 Å². The first-order chi connectivity index (χ1) is 8.58. The summed E-state index contributed by atoms with van der Waals surface area (Å²) in [6.07, 6.45) is 2.87. The summed E-state index contributed by atoms with van der Waals surface area (Å²) >= 11 is 0. The molecule has 0 spiro atoms. The zero-order valence-corrected chi connectivity index (χ0v) is 10.1. The molecule has 0 bridgehead atoms. The Morgan fingerprint density at radius 1 is 1.61 bits per heavy atom. The fraction of sp³-hybridized carbons (Fsp3) is 0.231. The number of amides is 1. The van der Waals surface area contributed by atoms with E-state index in [1.165, 1.54) is 35.3 Å². The predicted octanol–water partition coefficient (Wildman–Crippen LogP) is 1.17. The van der Waals surface area contributed by atoms with Gasteiger partial charge in [0.2, 0.25) is 5.91 Å². The molecule has 1 rings (SSSR count). The van der Waals surface area contributed by atoms with Gasteiger partial charge in [-0.3, -0.25) is 4.79 Å². The summed E-state index contributed by atoms with van der Waals surface area (Å²) in [4.78, 5) is 12.9. The van der Waals surface area contributed by atoms with Gasteiger partial charge in [0.25, 0.3) is 0 Å². The highest BCUT2D eigenvalue weighted by Gasteiger charge is 2.10. The fourth-order valence-corrected chi connectivity index (χ4v) is 1.39. The minimum atomic E-state index is -0.434. The maximum atomic E-state index is 13.5. The maximum absolute atomic E-state index is 13.5. The van der Waals surface area contributed by atoms with Crippen molar-refractivity contribution in [1.29, 1.82) is 5.26 Å². The molecule has 0 aliphatic carbocycles. The Morgan fingerprint density at radius 2 is 2.33 bits per heavy atom. The van der Waals surface area contributed by atoms with Gasteiger partial charge in [-0.1, -0.05) is 6.08 Å². The lowest BCUT2D eigenvalue weighted by molar-refractivity contribution is -0.125. The van der Waals surface area contributed by atoms with Gasteiger partial charge in [0.05, 0.1) is 11.6 Å². The number of carbonyl (C=O) groups excluding carboxylic acids is 1. The lowest BCUT2D eigenvalue weighted by Crippen LogP contribution is -2.25. The van der Waals surface area contributed by atoms with Gasteiger partial charge in [-0.2, -0.15) is 5.26 Å². The molecule has 18 heavy (non-hydrogen) atoms. The van der Waals surface area contributed by atoms with Gasteiger partial charge >= 0.3 is 0 Å². The van der Waals surface area contributed by atoms with Gasteiger partial charge in [0.15, 0.2) is 0 Å². The molecule has 94 valence electrons. The van der Waals surface area contributed by atoms with Crippen molar-refractivity contribution in [1.82, 2.24) is 4.90 Å². The third kappa shape index (κ3) is 3.68. The monoisotopic (exact) mass is 247 g/mol. The van der Waals surface area contributed by atoms with Gasteiger partial charge in [-0.05, 0) is 18.2 Å². The van der Waals surface area contributed by atoms with Crippen molar-refractivity contribution < 1.29 is 9.18 Å². The number of benzene rings is 1. The lowest BCUT2D eigenvalue weighted by atomic mass is 10.1. The SMILES string of the molecule is CN(Cc1cc(C#N)ccc1F)C(=O)/C=C/CN. The van der Waals surface area contributed by atoms with E-state index in [9.17, 15) is 9.18 Å². The molecule has 0 heterocycles. The van der Waals surface area contributed by atoms with Crippen LogP contribution in [0.2, 0.25) is 0 Å². The Balaban J connectivity index is 2.81. The Bertz CT molecular complexity index is 505. The largest absolute Gasteiger partial charge is 0.338 e. The van der Waals surface area contributed by atoms with Crippen LogP contribution >= 0.6 is 0 Å². The highest BCUT2D eigenvalue weighted by atomic mass is 19.1. The van der Waals surface area contributed by atoms with Gasteiger partial charge < -0.3 is 10.6 Å². The smallest absolute Gasteiger partial charge is 0.246 e. The van der Waals surface area contributed by atoms with Crippen molar-refractivity contribution in [3.63, 3.8) is 0 Å². The van der Waals surface area contributed by atoms with E-state index in [0.29, 0.717) is 11.1 Å². The van der Waals surface area contributed by atoms with Crippen LogP contribution in [0, 0.1) is 17.1 Å². The number of nitriles is 1. The molecule has 0 aliphatic rings. The summed E-state index contributed by atoms with van der Waals surface area (Å²) in [5.41, 5.74) is 5.91. The minimum absolute atomic E-state index is 0.106. The molecule has 4 nitrogen and oxygen atoms in total. The Labute approximate surface area is 105 Å². The van der Waals surface area contributed by atoms with Gasteiger partial charge in [-0.15, -0.1) is 0 Å². The minimum Gasteiger partial charge on any atom is -0.338 e. The van der Waals surface area contributed by atoms with Crippen molar-refractivity contribution >= 4 is 5.91 Å². The van der Waals surface area contributed by atoms with Crippen LogP contribution < -0.4 is 5.73 Å². The van der Waals surface area contributed by atoms with Crippen LogP contribution in [0.25, 0.3) is 0 Å². The van der Waals surface area contributed by atoms with Crippen LogP contribution in [0.4, 0.5) is 4.39 Å². The van der Waals surface area contributed by atoms with Crippen molar-refractivity contribution in [2.45, 2.75) is 6.54 Å². The topological polar surface area (TPSA) is 70.1 Å². The van der Waals surface area contributed by atoms with Gasteiger partial charge in [0.1, 0.15) is 5.82 Å². The number of halogens is 1. The molecule has 0 saturated carbocycles. The van der Waals surface area contributed by atoms with Gasteiger partial charge in [0, 0.05) is 31.8 Å². The zero-order chi connectivity index (χ0) is 13.5. The van der Waals surface area contributed by atoms with E-state index in [1.807, 2.05) is 6.07 Å². The molecule has 0 aliphatic heterocycles. The second-order valence-corrected chi connectivity index (χ2v) is 3.75. The fourth-order valence-electron chi connectivity index (χ4n) is 1.39. The predicted molar refractivity (Wildman–Crippen MR) is 65.8 cm³/mol. The van der Waals surface area contributed by atoms with Crippen molar-refractivity contribution in [3.8, 4) is 6.07 Å². The van der Waals surface area contributed by atoms with Crippen LogP contribution in [0.15, 0.2) is 30.4 Å². The number of nitrogens with two attached hydrogens (primary N) is 1. The van der Waals surface area contributed by atoms with E-state index in [-0.39, 0.29) is 19.0 Å². The average molecular weight is 247 g/mol. The van der Waals surface area contributed by atoms with E-state index < -0.39 is 5.82 Å². The third-order valence-corrected chi connectivity index (χ3v) is 2.36. The van der Waals surface area contributed by atoms with E-state index in [1.54, 1.807) is 7.05 Å². The van der Waals surface area contributed by atoms with Crippen molar-refractivity contribution in [2.24, 2.45) is 5.73 Å². The Morgan fingerprint density at radius 3 is 2.94 bits per heavy atom. The quantitative estimate of drug-likeness (QED) is 0.812. The van der Waals surface area contributed by atoms with Crippen molar-refractivity contribution in [2.75, 3.05) is 13.6 Å². The van der Waals surface area contributed by atoms with Crippen LogP contribution in [0.1, 0.15) is 11.1 Å². The first kappa shape index (κ1) is 13.9. The molecule has 2 N–H and O–H groups in total. The molecule has 0 aromatic heterocycles. The molecular weight excluding hydrogens is 233 g/mol. The second kappa shape index (κ2) is 6.52. The van der Waals surface area contributed by atoms with Crippen LogP contribution in [0.3, 0.4) is 0 Å². The Kier molecular flexibility index (Phi) is 5.03. The van der Waals surface area contributed by atoms with E-state index in [4.69, 9.17) is 11.0 Å². The molecule has 0 atom stereocenters. The first-order valence-corrected chi connectivity index (χ1v) is 5.38. The van der Waals surface area contributed by atoms with E-state index >= 15 is 0 Å². The molecule has 1 aromatic rings. The molecule has 5 heteroatoms. The average Bonchev–Trinajstić information content (AvgIpc) is 2.38. The number of rotatable bonds is 4. The second-order valence-electron chi connectivity index (χ2n) is 3.75. The first-order valence-electron chi connectivity index (χ1n) is 5.38. The highest BCUT2D eigenvalue weighted by Crippen LogP contribution is 2.12. The molecule has 0 fully saturated rings. The highest BCUT2D eigenvalue weighted by molar-refractivity contribution is 5.87. The molecule has 0 unspecified atom stereocenters. The number of nitrogens with zero attached hydrogens (tertiary/aromatic N) is 2. The zero-order valence-electron chi connectivity index (χ0n) is 10.1. The summed E-state index contributed by atoms with van der Waals surface area (Å²) in [6, 6.07) is 5.99. The summed E-state index contributed by atoms with van der Waals surface area (Å²) in [7, 11) is 1.56. The van der Waals surface area contributed by atoms with E-state index in [0.717, 1.165) is 0 Å². The standard InChI is InChI=1S/C13H14FN3O/c1-17(13(18)3-2-6-15)9-11-7-10(8-16)4-5-12(11)14/h2-5,7H,6,9,15H2,1H3/b3-2+. The van der Waals surface area contributed by atoms with Crippen LogP contribution in [0.5, 0.6) is 0 Å². The molecular formula is C13H14FN3O. The normalized spacial score (nSPS) is 10.3. The van der Waals surface area contributed by atoms with Crippen LogP contribution in [-0.2, 0) is 11.3 Å². The Hall–Kier alpha value is -2.19. The number of hydrogen-bond donors (Lipinski definition) is 1. The number of hydrogen-bond acceptors (Lipinski definition) is 3. The maximum Gasteiger partial charge on any atom is 0.246 e. The number of likely N-dealkylation sites (N-methyl/N-ethyl adjacent to an activating group) is 1. The summed E-state index contributed by atoms with van der Waals surface area (Å²) in [5, 5.41) is 8.73. The molecule has 0 saturated heterocycles. The summed E-state index contributed by atoms with van der Waals surface area (Å²) < 4.78 is 13.5. The molecule has 0 radical (unpaired) electrons.